The molecule has 1 aromatic carbocycles. The van der Waals surface area contributed by atoms with Crippen LogP contribution >= 0.6 is 0 Å². The molecule has 10 heteroatoms. The lowest BCUT2D eigenvalue weighted by molar-refractivity contribution is 0.0505. The van der Waals surface area contributed by atoms with Gasteiger partial charge < -0.3 is 14.6 Å². The van der Waals surface area contributed by atoms with Crippen molar-refractivity contribution in [1.29, 1.82) is 0 Å². The Morgan fingerprint density at radius 2 is 1.89 bits per heavy atom. The molecule has 3 aromatic heterocycles. The van der Waals surface area contributed by atoms with E-state index in [2.05, 4.69) is 14.9 Å². The lowest BCUT2D eigenvalue weighted by Crippen LogP contribution is -2.38. The lowest BCUT2D eigenvalue weighted by atomic mass is 10.2. The predicted molar refractivity (Wildman–Crippen MR) is 133 cm³/mol. The van der Waals surface area contributed by atoms with Crippen LogP contribution in [0.1, 0.15) is 51.9 Å². The first kappa shape index (κ1) is 23.3. The van der Waals surface area contributed by atoms with Crippen molar-refractivity contribution in [1.82, 2.24) is 23.8 Å². The van der Waals surface area contributed by atoms with Gasteiger partial charge in [0.15, 0.2) is 5.65 Å². The van der Waals surface area contributed by atoms with Gasteiger partial charge in [0, 0.05) is 23.7 Å². The van der Waals surface area contributed by atoms with Crippen LogP contribution in [0.25, 0.3) is 22.1 Å². The van der Waals surface area contributed by atoms with E-state index >= 15 is 0 Å². The largest absolute Gasteiger partial charge is 0.444 e. The van der Waals surface area contributed by atoms with E-state index in [1.165, 1.54) is 3.97 Å². The van der Waals surface area contributed by atoms with Gasteiger partial charge in [-0.25, -0.2) is 27.2 Å². The van der Waals surface area contributed by atoms with Crippen molar-refractivity contribution in [2.45, 2.75) is 69.5 Å². The average molecular weight is 496 g/mol. The Morgan fingerprint density at radius 3 is 2.60 bits per heavy atom. The molecule has 4 aromatic rings. The number of nitrogens with one attached hydrogen (secondary N) is 1. The molecule has 184 valence electrons. The second-order valence-corrected chi connectivity index (χ2v) is 11.8. The van der Waals surface area contributed by atoms with Gasteiger partial charge in [0.25, 0.3) is 10.0 Å². The fourth-order valence-corrected chi connectivity index (χ4v) is 6.23. The van der Waals surface area contributed by atoms with Crippen LogP contribution in [-0.4, -0.2) is 44.7 Å². The molecule has 1 N–H and O–H groups in total. The monoisotopic (exact) mass is 495 g/mol. The fraction of sp³-hybridized carbons (Fsp3) is 0.400. The zero-order valence-corrected chi connectivity index (χ0v) is 21.0. The van der Waals surface area contributed by atoms with Gasteiger partial charge in [0.05, 0.1) is 16.6 Å². The van der Waals surface area contributed by atoms with Crippen LogP contribution in [0.15, 0.2) is 53.7 Å². The van der Waals surface area contributed by atoms with Gasteiger partial charge in [-0.3, -0.25) is 0 Å². The SMILES string of the molecule is Cc1nc2cnc3c(ccn3S(=O)(=O)c3ccccc3)c2n1[C@H]1CC[C@H](NC(=O)OC(C)(C)C)C1. The molecule has 0 spiro atoms. The number of alkyl carbamates (subject to hydrolysis) is 1. The van der Waals surface area contributed by atoms with Crippen LogP contribution in [0.3, 0.4) is 0 Å². The fourth-order valence-electron chi connectivity index (χ4n) is 4.91. The van der Waals surface area contributed by atoms with Gasteiger partial charge in [-0.15, -0.1) is 0 Å². The van der Waals surface area contributed by atoms with Crippen molar-refractivity contribution in [3.05, 3.63) is 54.6 Å². The molecule has 1 aliphatic carbocycles. The topological polar surface area (TPSA) is 108 Å². The molecule has 35 heavy (non-hydrogen) atoms. The number of fused-ring (bicyclic) bond motifs is 3. The van der Waals surface area contributed by atoms with Gasteiger partial charge in [-0.1, -0.05) is 18.2 Å². The molecular formula is C25H29N5O4S. The number of hydrogen-bond acceptors (Lipinski definition) is 6. The summed E-state index contributed by atoms with van der Waals surface area (Å²) in [7, 11) is -3.79. The van der Waals surface area contributed by atoms with E-state index in [-0.39, 0.29) is 17.0 Å². The number of nitrogens with zero attached hydrogens (tertiary/aromatic N) is 4. The summed E-state index contributed by atoms with van der Waals surface area (Å²) in [5.41, 5.74) is 1.39. The highest BCUT2D eigenvalue weighted by Crippen LogP contribution is 2.36. The number of benzene rings is 1. The van der Waals surface area contributed by atoms with Crippen LogP contribution in [0, 0.1) is 6.92 Å². The number of carbonyl (C=O) groups is 1. The Balaban J connectivity index is 1.51. The van der Waals surface area contributed by atoms with Crippen molar-refractivity contribution >= 4 is 38.2 Å². The van der Waals surface area contributed by atoms with E-state index in [9.17, 15) is 13.2 Å². The van der Waals surface area contributed by atoms with E-state index < -0.39 is 21.7 Å². The molecule has 2 atom stereocenters. The molecule has 9 nitrogen and oxygen atoms in total. The number of aryl methyl sites for hydroxylation is 1. The third-order valence-corrected chi connectivity index (χ3v) is 7.98. The summed E-state index contributed by atoms with van der Waals surface area (Å²) in [6, 6.07) is 10.2. The van der Waals surface area contributed by atoms with Crippen LogP contribution in [-0.2, 0) is 14.8 Å². The third kappa shape index (κ3) is 4.27. The van der Waals surface area contributed by atoms with Crippen LogP contribution in [0.4, 0.5) is 4.79 Å². The van der Waals surface area contributed by atoms with Crippen LogP contribution in [0.2, 0.25) is 0 Å². The quantitative estimate of drug-likeness (QED) is 0.445. The third-order valence-electron chi connectivity index (χ3n) is 6.30. The molecule has 1 aliphatic rings. The first-order valence-electron chi connectivity index (χ1n) is 11.7. The smallest absolute Gasteiger partial charge is 0.407 e. The molecule has 1 amide bonds. The highest BCUT2D eigenvalue weighted by Gasteiger charge is 2.31. The summed E-state index contributed by atoms with van der Waals surface area (Å²) in [5, 5.41) is 3.71. The molecule has 1 saturated carbocycles. The van der Waals surface area contributed by atoms with Crippen molar-refractivity contribution in [2.24, 2.45) is 0 Å². The number of carbonyl (C=O) groups excluding carboxylic acids is 1. The zero-order chi connectivity index (χ0) is 25.0. The standard InChI is InChI=1S/C25H29N5O4S/c1-16-27-21-15-26-23-20(12-13-29(23)35(32,33)19-8-6-5-7-9-19)22(21)30(16)18-11-10-17(14-18)28-24(31)34-25(2,3)4/h5-9,12-13,15,17-18H,10-11,14H2,1-4H3,(H,28,31)/t17-,18-/m0/s1. The number of hydrogen-bond donors (Lipinski definition) is 1. The number of rotatable bonds is 4. The molecule has 1 fully saturated rings. The van der Waals surface area contributed by atoms with Gasteiger partial charge >= 0.3 is 6.09 Å². The second kappa shape index (κ2) is 8.37. The molecule has 0 saturated heterocycles. The number of pyridine rings is 1. The molecule has 0 aliphatic heterocycles. The zero-order valence-electron chi connectivity index (χ0n) is 20.2. The van der Waals surface area contributed by atoms with Gasteiger partial charge in [0.1, 0.15) is 16.9 Å². The Hall–Kier alpha value is -3.40. The summed E-state index contributed by atoms with van der Waals surface area (Å²) in [4.78, 5) is 21.6. The van der Waals surface area contributed by atoms with E-state index in [1.54, 1.807) is 48.8 Å². The van der Waals surface area contributed by atoms with Crippen molar-refractivity contribution in [2.75, 3.05) is 0 Å². The first-order chi connectivity index (χ1) is 16.5. The Morgan fingerprint density at radius 1 is 1.14 bits per heavy atom. The molecule has 3 heterocycles. The second-order valence-electron chi connectivity index (χ2n) is 10.00. The number of ether oxygens (including phenoxy) is 1. The van der Waals surface area contributed by atoms with Crippen LogP contribution < -0.4 is 5.32 Å². The minimum atomic E-state index is -3.79. The van der Waals surface area contributed by atoms with E-state index in [0.717, 1.165) is 36.0 Å². The number of imidazole rings is 1. The van der Waals surface area contributed by atoms with Gasteiger partial charge in [-0.05, 0) is 65.2 Å². The van der Waals surface area contributed by atoms with Gasteiger partial charge in [-0.2, -0.15) is 0 Å². The lowest BCUT2D eigenvalue weighted by Gasteiger charge is -2.22. The van der Waals surface area contributed by atoms with Crippen molar-refractivity contribution < 1.29 is 17.9 Å². The Bertz CT molecular complexity index is 1520. The average Bonchev–Trinajstić information content (AvgIpc) is 3.48. The van der Waals surface area contributed by atoms with E-state index in [0.29, 0.717) is 11.2 Å². The minimum Gasteiger partial charge on any atom is -0.444 e. The summed E-state index contributed by atoms with van der Waals surface area (Å²) >= 11 is 0. The summed E-state index contributed by atoms with van der Waals surface area (Å²) in [6.45, 7) is 7.47. The summed E-state index contributed by atoms with van der Waals surface area (Å²) < 4.78 is 35.4. The summed E-state index contributed by atoms with van der Waals surface area (Å²) in [5.74, 6) is 0.830. The Labute approximate surface area is 204 Å². The molecular weight excluding hydrogens is 466 g/mol. The number of aromatic nitrogens is 4. The first-order valence-corrected chi connectivity index (χ1v) is 13.1. The molecule has 0 bridgehead atoms. The molecule has 5 rings (SSSR count). The van der Waals surface area contributed by atoms with Crippen LogP contribution in [0.5, 0.6) is 0 Å². The maximum Gasteiger partial charge on any atom is 0.407 e. The maximum absolute atomic E-state index is 13.3. The summed E-state index contributed by atoms with van der Waals surface area (Å²) in [6.07, 6.45) is 5.18. The van der Waals surface area contributed by atoms with E-state index in [4.69, 9.17) is 9.72 Å². The normalized spacial score (nSPS) is 18.9. The highest BCUT2D eigenvalue weighted by atomic mass is 32.2. The minimum absolute atomic E-state index is 0.00733. The molecule has 0 unspecified atom stereocenters. The maximum atomic E-state index is 13.3. The van der Waals surface area contributed by atoms with Crippen molar-refractivity contribution in [3.63, 3.8) is 0 Å². The van der Waals surface area contributed by atoms with Gasteiger partial charge in [0.2, 0.25) is 0 Å². The predicted octanol–water partition coefficient (Wildman–Crippen LogP) is 4.55. The van der Waals surface area contributed by atoms with E-state index in [1.807, 2.05) is 27.7 Å². The molecule has 0 radical (unpaired) electrons. The highest BCUT2D eigenvalue weighted by molar-refractivity contribution is 7.90. The Kier molecular flexibility index (Phi) is 5.58. The van der Waals surface area contributed by atoms with Crippen molar-refractivity contribution in [3.8, 4) is 0 Å². The number of amides is 1.